The van der Waals surface area contributed by atoms with Crippen molar-refractivity contribution in [3.63, 3.8) is 0 Å². The van der Waals surface area contributed by atoms with E-state index in [0.29, 0.717) is 44.0 Å². The maximum atomic E-state index is 12.8. The van der Waals surface area contributed by atoms with Crippen LogP contribution >= 0.6 is 11.3 Å². The molecule has 31 heavy (non-hydrogen) atoms. The van der Waals surface area contributed by atoms with Crippen LogP contribution in [0.4, 0.5) is 0 Å². The monoisotopic (exact) mass is 448 g/mol. The molecule has 2 aromatic rings. The molecule has 0 aliphatic carbocycles. The Morgan fingerprint density at radius 3 is 2.52 bits per heavy atom. The molecule has 1 amide bonds. The largest absolute Gasteiger partial charge is 0.497 e. The number of nitrogens with zero attached hydrogens (tertiary/aromatic N) is 2. The minimum absolute atomic E-state index is 0.0526. The summed E-state index contributed by atoms with van der Waals surface area (Å²) < 4.78 is 16.4. The number of aromatic nitrogens is 1. The number of methoxy groups -OCH3 is 2. The molecule has 1 saturated heterocycles. The van der Waals surface area contributed by atoms with Crippen LogP contribution in [0.15, 0.2) is 24.3 Å². The van der Waals surface area contributed by atoms with Gasteiger partial charge >= 0.3 is 0 Å². The number of carbonyl (C=O) groups excluding carboxylic acids is 1. The highest BCUT2D eigenvalue weighted by Gasteiger charge is 2.39. The Balaban J connectivity index is 1.67. The summed E-state index contributed by atoms with van der Waals surface area (Å²) in [4.78, 5) is 20.2. The molecule has 3 rings (SSSR count). The third kappa shape index (κ3) is 5.37. The SMILES string of the molecule is COc1ccc(OCc2sc(C3(O)CCCN(C(=O)C(C)(C)OC)CC3)nc2C)cc1. The number of amides is 1. The first-order chi connectivity index (χ1) is 14.7. The Hall–Kier alpha value is -2.16. The van der Waals surface area contributed by atoms with Crippen molar-refractivity contribution >= 4 is 17.2 Å². The summed E-state index contributed by atoms with van der Waals surface area (Å²) in [7, 11) is 3.17. The number of likely N-dealkylation sites (tertiary alicyclic amines) is 1. The van der Waals surface area contributed by atoms with Gasteiger partial charge in [0.25, 0.3) is 5.91 Å². The van der Waals surface area contributed by atoms with Gasteiger partial charge in [0.15, 0.2) is 0 Å². The normalized spacial score (nSPS) is 19.7. The molecule has 1 aromatic carbocycles. The summed E-state index contributed by atoms with van der Waals surface area (Å²) in [5.74, 6) is 1.47. The van der Waals surface area contributed by atoms with E-state index in [9.17, 15) is 9.90 Å². The van der Waals surface area contributed by atoms with Crippen molar-refractivity contribution in [2.24, 2.45) is 0 Å². The van der Waals surface area contributed by atoms with Crippen molar-refractivity contribution in [1.82, 2.24) is 9.88 Å². The van der Waals surface area contributed by atoms with Gasteiger partial charge in [0.1, 0.15) is 34.3 Å². The Morgan fingerprint density at radius 2 is 1.87 bits per heavy atom. The second-order valence-corrected chi connectivity index (χ2v) is 9.47. The standard InChI is InChI=1S/C23H32N2O5S/c1-16-19(15-30-18-9-7-17(28-4)8-10-18)31-20(24-16)23(27)11-6-13-25(14-12-23)21(26)22(2,3)29-5/h7-10,27H,6,11-15H2,1-5H3. The van der Waals surface area contributed by atoms with Gasteiger partial charge < -0.3 is 24.2 Å². The van der Waals surface area contributed by atoms with Crippen LogP contribution in [0, 0.1) is 6.92 Å². The van der Waals surface area contributed by atoms with Crippen LogP contribution in [-0.2, 0) is 21.7 Å². The van der Waals surface area contributed by atoms with Crippen molar-refractivity contribution in [2.75, 3.05) is 27.3 Å². The van der Waals surface area contributed by atoms with E-state index in [2.05, 4.69) is 4.98 Å². The van der Waals surface area contributed by atoms with E-state index in [1.165, 1.54) is 11.3 Å². The number of benzene rings is 1. The fourth-order valence-electron chi connectivity index (χ4n) is 3.59. The summed E-state index contributed by atoms with van der Waals surface area (Å²) in [6.07, 6.45) is 1.72. The average Bonchev–Trinajstić information content (AvgIpc) is 3.03. The summed E-state index contributed by atoms with van der Waals surface area (Å²) in [6.45, 7) is 6.93. The zero-order valence-corrected chi connectivity index (χ0v) is 19.8. The lowest BCUT2D eigenvalue weighted by atomic mass is 9.96. The van der Waals surface area contributed by atoms with Crippen molar-refractivity contribution in [3.8, 4) is 11.5 Å². The number of hydrogen-bond acceptors (Lipinski definition) is 7. The molecular formula is C23H32N2O5S. The second kappa shape index (κ2) is 9.54. The van der Waals surface area contributed by atoms with E-state index in [-0.39, 0.29) is 5.91 Å². The van der Waals surface area contributed by atoms with E-state index in [0.717, 1.165) is 22.1 Å². The van der Waals surface area contributed by atoms with Crippen LogP contribution in [0.1, 0.15) is 48.7 Å². The molecule has 1 unspecified atom stereocenters. The molecule has 1 aliphatic heterocycles. The van der Waals surface area contributed by atoms with Gasteiger partial charge in [-0.3, -0.25) is 4.79 Å². The summed E-state index contributed by atoms with van der Waals surface area (Å²) in [6, 6.07) is 7.43. The van der Waals surface area contributed by atoms with Crippen LogP contribution in [-0.4, -0.2) is 53.8 Å². The van der Waals surface area contributed by atoms with E-state index in [1.54, 1.807) is 33.0 Å². The van der Waals surface area contributed by atoms with Crippen molar-refractivity contribution in [3.05, 3.63) is 39.8 Å². The second-order valence-electron chi connectivity index (χ2n) is 8.38. The Kier molecular flexibility index (Phi) is 7.24. The number of rotatable bonds is 7. The van der Waals surface area contributed by atoms with Gasteiger partial charge in [-0.15, -0.1) is 11.3 Å². The number of aryl methyl sites for hydroxylation is 1. The Labute approximate surface area is 188 Å². The fraction of sp³-hybridized carbons (Fsp3) is 0.565. The quantitative estimate of drug-likeness (QED) is 0.696. The molecule has 0 spiro atoms. The lowest BCUT2D eigenvalue weighted by Crippen LogP contribution is -2.47. The maximum absolute atomic E-state index is 12.8. The van der Waals surface area contributed by atoms with Crippen LogP contribution < -0.4 is 9.47 Å². The molecule has 0 saturated carbocycles. The molecular weight excluding hydrogens is 416 g/mol. The van der Waals surface area contributed by atoms with Gasteiger partial charge in [-0.25, -0.2) is 4.98 Å². The minimum Gasteiger partial charge on any atom is -0.497 e. The number of carbonyl (C=O) groups is 1. The predicted molar refractivity (Wildman–Crippen MR) is 120 cm³/mol. The fourth-order valence-corrected chi connectivity index (χ4v) is 4.71. The molecule has 1 fully saturated rings. The molecule has 1 atom stereocenters. The third-order valence-corrected chi connectivity index (χ3v) is 7.17. The van der Waals surface area contributed by atoms with Gasteiger partial charge in [-0.2, -0.15) is 0 Å². The zero-order valence-electron chi connectivity index (χ0n) is 18.9. The lowest BCUT2D eigenvalue weighted by molar-refractivity contribution is -0.151. The molecule has 0 bridgehead atoms. The van der Waals surface area contributed by atoms with Gasteiger partial charge in [0.2, 0.25) is 0 Å². The number of ether oxygens (including phenoxy) is 3. The van der Waals surface area contributed by atoms with Gasteiger partial charge in [0, 0.05) is 26.6 Å². The molecule has 0 radical (unpaired) electrons. The van der Waals surface area contributed by atoms with Crippen LogP contribution in [0.25, 0.3) is 0 Å². The zero-order chi connectivity index (χ0) is 22.6. The van der Waals surface area contributed by atoms with Crippen molar-refractivity contribution < 1.29 is 24.1 Å². The summed E-state index contributed by atoms with van der Waals surface area (Å²) in [5.41, 5.74) is -1.05. The highest BCUT2D eigenvalue weighted by molar-refractivity contribution is 7.11. The number of aliphatic hydroxyl groups is 1. The van der Waals surface area contributed by atoms with E-state index < -0.39 is 11.2 Å². The average molecular weight is 449 g/mol. The number of hydrogen-bond donors (Lipinski definition) is 1. The minimum atomic E-state index is -1.04. The molecule has 8 heteroatoms. The van der Waals surface area contributed by atoms with E-state index in [1.807, 2.05) is 31.2 Å². The third-order valence-electron chi connectivity index (χ3n) is 5.85. The first-order valence-corrected chi connectivity index (χ1v) is 11.3. The Bertz CT molecular complexity index is 896. The Morgan fingerprint density at radius 1 is 1.19 bits per heavy atom. The van der Waals surface area contributed by atoms with Gasteiger partial charge in [-0.05, 0) is 57.9 Å². The van der Waals surface area contributed by atoms with Crippen molar-refractivity contribution in [1.29, 1.82) is 0 Å². The predicted octanol–water partition coefficient (Wildman–Crippen LogP) is 3.66. The highest BCUT2D eigenvalue weighted by Crippen LogP contribution is 2.37. The van der Waals surface area contributed by atoms with E-state index >= 15 is 0 Å². The molecule has 1 aliphatic rings. The molecule has 170 valence electrons. The molecule has 2 heterocycles. The first-order valence-electron chi connectivity index (χ1n) is 10.5. The smallest absolute Gasteiger partial charge is 0.254 e. The molecule has 1 aromatic heterocycles. The summed E-state index contributed by atoms with van der Waals surface area (Å²) in [5, 5.41) is 12.1. The van der Waals surface area contributed by atoms with Gasteiger partial charge in [-0.1, -0.05) is 0 Å². The van der Waals surface area contributed by atoms with Crippen LogP contribution in [0.3, 0.4) is 0 Å². The molecule has 1 N–H and O–H groups in total. The lowest BCUT2D eigenvalue weighted by Gasteiger charge is -2.30. The summed E-state index contributed by atoms with van der Waals surface area (Å²) >= 11 is 1.48. The van der Waals surface area contributed by atoms with Crippen LogP contribution in [0.2, 0.25) is 0 Å². The number of thiazole rings is 1. The van der Waals surface area contributed by atoms with Gasteiger partial charge in [0.05, 0.1) is 17.7 Å². The van der Waals surface area contributed by atoms with E-state index in [4.69, 9.17) is 14.2 Å². The highest BCUT2D eigenvalue weighted by atomic mass is 32.1. The first kappa shape index (κ1) is 23.5. The topological polar surface area (TPSA) is 81.1 Å². The van der Waals surface area contributed by atoms with Crippen molar-refractivity contribution in [2.45, 2.75) is 57.8 Å². The maximum Gasteiger partial charge on any atom is 0.254 e. The van der Waals surface area contributed by atoms with Crippen LogP contribution in [0.5, 0.6) is 11.5 Å². The molecule has 7 nitrogen and oxygen atoms in total.